The average Bonchev–Trinajstić information content (AvgIpc) is 3.03. The molecule has 1 aliphatic heterocycles. The van der Waals surface area contributed by atoms with Gasteiger partial charge in [-0.25, -0.2) is 9.97 Å². The van der Waals surface area contributed by atoms with E-state index in [0.717, 1.165) is 23.9 Å². The number of rotatable bonds is 3. The molecule has 25 heavy (non-hydrogen) atoms. The molecule has 1 fully saturated rings. The minimum Gasteiger partial charge on any atom is -0.473 e. The summed E-state index contributed by atoms with van der Waals surface area (Å²) in [6.07, 6.45) is 8.24. The smallest absolute Gasteiger partial charge is 0.253 e. The van der Waals surface area contributed by atoms with Gasteiger partial charge in [0.1, 0.15) is 6.10 Å². The van der Waals surface area contributed by atoms with Gasteiger partial charge in [0.2, 0.25) is 5.88 Å². The summed E-state index contributed by atoms with van der Waals surface area (Å²) in [4.78, 5) is 27.1. The Labute approximate surface area is 145 Å². The maximum absolute atomic E-state index is 12.7. The highest BCUT2D eigenvalue weighted by Gasteiger charge is 2.25. The van der Waals surface area contributed by atoms with Crippen LogP contribution in [0, 0.1) is 0 Å². The molecule has 7 nitrogen and oxygen atoms in total. The molecular formula is C18H19N5O2. The van der Waals surface area contributed by atoms with Crippen LogP contribution in [0.1, 0.15) is 23.2 Å². The molecule has 0 N–H and O–H groups in total. The standard InChI is InChI=1S/C18H19N5O2/c1-22-12-21-15-10-13(2-3-16(15)22)18(24)23-8-4-14(5-9-23)25-17-11-19-6-7-20-17/h2-3,6-7,10-12,14H,4-5,8-9H2,1H3. The second-order valence-corrected chi connectivity index (χ2v) is 6.21. The largest absolute Gasteiger partial charge is 0.473 e. The molecule has 0 aliphatic carbocycles. The number of ether oxygens (including phenoxy) is 1. The van der Waals surface area contributed by atoms with Crippen molar-refractivity contribution >= 4 is 16.9 Å². The molecule has 3 aromatic rings. The highest BCUT2D eigenvalue weighted by Crippen LogP contribution is 2.20. The lowest BCUT2D eigenvalue weighted by Crippen LogP contribution is -2.41. The van der Waals surface area contributed by atoms with Gasteiger partial charge in [0.05, 0.1) is 23.6 Å². The third-order valence-corrected chi connectivity index (χ3v) is 4.53. The average molecular weight is 337 g/mol. The normalized spacial score (nSPS) is 15.5. The molecule has 1 aromatic carbocycles. The van der Waals surface area contributed by atoms with Gasteiger partial charge in [-0.2, -0.15) is 0 Å². The van der Waals surface area contributed by atoms with E-state index in [-0.39, 0.29) is 12.0 Å². The fraction of sp³-hybridized carbons (Fsp3) is 0.333. The van der Waals surface area contributed by atoms with Crippen LogP contribution in [0.15, 0.2) is 43.1 Å². The lowest BCUT2D eigenvalue weighted by molar-refractivity contribution is 0.0587. The Morgan fingerprint density at radius 2 is 2.04 bits per heavy atom. The molecule has 2 aromatic heterocycles. The first kappa shape index (κ1) is 15.6. The summed E-state index contributed by atoms with van der Waals surface area (Å²) in [6.45, 7) is 1.34. The van der Waals surface area contributed by atoms with E-state index in [1.54, 1.807) is 24.9 Å². The third-order valence-electron chi connectivity index (χ3n) is 4.53. The number of amides is 1. The van der Waals surface area contributed by atoms with Gasteiger partial charge in [0.15, 0.2) is 0 Å². The summed E-state index contributed by atoms with van der Waals surface area (Å²) in [5.74, 6) is 0.582. The molecule has 1 amide bonds. The van der Waals surface area contributed by atoms with Crippen molar-refractivity contribution in [3.63, 3.8) is 0 Å². The van der Waals surface area contributed by atoms with Crippen molar-refractivity contribution in [2.75, 3.05) is 13.1 Å². The molecule has 1 aliphatic rings. The first-order valence-electron chi connectivity index (χ1n) is 8.34. The summed E-state index contributed by atoms with van der Waals surface area (Å²) in [5, 5.41) is 0. The van der Waals surface area contributed by atoms with E-state index in [1.165, 1.54) is 0 Å². The Morgan fingerprint density at radius 1 is 1.20 bits per heavy atom. The highest BCUT2D eigenvalue weighted by molar-refractivity contribution is 5.97. The maximum atomic E-state index is 12.7. The van der Waals surface area contributed by atoms with Crippen LogP contribution in [0.2, 0.25) is 0 Å². The number of hydrogen-bond donors (Lipinski definition) is 0. The van der Waals surface area contributed by atoms with E-state index in [9.17, 15) is 4.79 Å². The number of imidazole rings is 1. The number of piperidine rings is 1. The predicted molar refractivity (Wildman–Crippen MR) is 92.3 cm³/mol. The number of likely N-dealkylation sites (tertiary alicyclic amines) is 1. The molecule has 0 saturated carbocycles. The van der Waals surface area contributed by atoms with Crippen molar-refractivity contribution in [3.8, 4) is 5.88 Å². The van der Waals surface area contributed by atoms with E-state index >= 15 is 0 Å². The number of aromatic nitrogens is 4. The summed E-state index contributed by atoms with van der Waals surface area (Å²) >= 11 is 0. The molecule has 1 saturated heterocycles. The Kier molecular flexibility index (Phi) is 4.05. The van der Waals surface area contributed by atoms with Crippen LogP contribution >= 0.6 is 0 Å². The quantitative estimate of drug-likeness (QED) is 0.731. The number of hydrogen-bond acceptors (Lipinski definition) is 5. The molecule has 128 valence electrons. The lowest BCUT2D eigenvalue weighted by atomic mass is 10.1. The fourth-order valence-electron chi connectivity index (χ4n) is 3.15. The van der Waals surface area contributed by atoms with Crippen molar-refractivity contribution in [1.29, 1.82) is 0 Å². The molecular weight excluding hydrogens is 318 g/mol. The number of aryl methyl sites for hydroxylation is 1. The molecule has 3 heterocycles. The van der Waals surface area contributed by atoms with E-state index in [4.69, 9.17) is 4.74 Å². The molecule has 4 rings (SSSR count). The van der Waals surface area contributed by atoms with Crippen LogP contribution in [0.5, 0.6) is 5.88 Å². The molecule has 0 spiro atoms. The maximum Gasteiger partial charge on any atom is 0.253 e. The minimum absolute atomic E-state index is 0.0468. The van der Waals surface area contributed by atoms with Gasteiger partial charge in [-0.3, -0.25) is 9.78 Å². The molecule has 0 atom stereocenters. The van der Waals surface area contributed by atoms with Crippen molar-refractivity contribution in [2.24, 2.45) is 7.05 Å². The summed E-state index contributed by atoms with van der Waals surface area (Å²) in [6, 6.07) is 5.67. The predicted octanol–water partition coefficient (Wildman–Crippen LogP) is 2.05. The number of carbonyl (C=O) groups excluding carboxylic acids is 1. The van der Waals surface area contributed by atoms with Crippen molar-refractivity contribution in [2.45, 2.75) is 18.9 Å². The third kappa shape index (κ3) is 3.17. The van der Waals surface area contributed by atoms with Crippen molar-refractivity contribution < 1.29 is 9.53 Å². The highest BCUT2D eigenvalue weighted by atomic mass is 16.5. The number of carbonyl (C=O) groups is 1. The van der Waals surface area contributed by atoms with Crippen LogP contribution in [-0.2, 0) is 7.05 Å². The van der Waals surface area contributed by atoms with Gasteiger partial charge in [0, 0.05) is 50.9 Å². The van der Waals surface area contributed by atoms with E-state index in [2.05, 4.69) is 15.0 Å². The zero-order chi connectivity index (χ0) is 17.2. The van der Waals surface area contributed by atoms with Crippen LogP contribution < -0.4 is 4.74 Å². The summed E-state index contributed by atoms with van der Waals surface area (Å²) < 4.78 is 7.77. The monoisotopic (exact) mass is 337 g/mol. The van der Waals surface area contributed by atoms with Crippen molar-refractivity contribution in [1.82, 2.24) is 24.4 Å². The fourth-order valence-corrected chi connectivity index (χ4v) is 3.15. The van der Waals surface area contributed by atoms with Gasteiger partial charge in [0.25, 0.3) is 5.91 Å². The molecule has 7 heteroatoms. The van der Waals surface area contributed by atoms with E-state index < -0.39 is 0 Å². The van der Waals surface area contributed by atoms with Crippen LogP contribution in [0.4, 0.5) is 0 Å². The molecule has 0 bridgehead atoms. The van der Waals surface area contributed by atoms with Gasteiger partial charge >= 0.3 is 0 Å². The van der Waals surface area contributed by atoms with E-state index in [1.807, 2.05) is 34.7 Å². The van der Waals surface area contributed by atoms with Crippen LogP contribution in [0.25, 0.3) is 11.0 Å². The Balaban J connectivity index is 1.40. The Morgan fingerprint density at radius 3 is 2.80 bits per heavy atom. The number of benzene rings is 1. The Bertz CT molecular complexity index is 885. The second-order valence-electron chi connectivity index (χ2n) is 6.21. The van der Waals surface area contributed by atoms with Crippen LogP contribution in [-0.4, -0.2) is 49.5 Å². The first-order chi connectivity index (χ1) is 12.2. The van der Waals surface area contributed by atoms with Crippen molar-refractivity contribution in [3.05, 3.63) is 48.7 Å². The first-order valence-corrected chi connectivity index (χ1v) is 8.34. The van der Waals surface area contributed by atoms with Gasteiger partial charge < -0.3 is 14.2 Å². The number of fused-ring (bicyclic) bond motifs is 1. The topological polar surface area (TPSA) is 73.1 Å². The second kappa shape index (κ2) is 6.51. The summed E-state index contributed by atoms with van der Waals surface area (Å²) in [5.41, 5.74) is 2.54. The lowest BCUT2D eigenvalue weighted by Gasteiger charge is -2.31. The van der Waals surface area contributed by atoms with Gasteiger partial charge in [-0.15, -0.1) is 0 Å². The Hall–Kier alpha value is -2.96. The number of nitrogens with zero attached hydrogens (tertiary/aromatic N) is 5. The summed E-state index contributed by atoms with van der Waals surface area (Å²) in [7, 11) is 1.94. The zero-order valence-electron chi connectivity index (χ0n) is 14.0. The minimum atomic E-state index is 0.0468. The van der Waals surface area contributed by atoms with Gasteiger partial charge in [-0.1, -0.05) is 0 Å². The molecule has 0 unspecified atom stereocenters. The van der Waals surface area contributed by atoms with E-state index in [0.29, 0.717) is 24.5 Å². The van der Waals surface area contributed by atoms with Gasteiger partial charge in [-0.05, 0) is 18.2 Å². The zero-order valence-corrected chi connectivity index (χ0v) is 14.0. The SMILES string of the molecule is Cn1cnc2cc(C(=O)N3CCC(Oc4cnccn4)CC3)ccc21. The van der Waals surface area contributed by atoms with Crippen LogP contribution in [0.3, 0.4) is 0 Å². The molecule has 0 radical (unpaired) electrons.